The number of urea groups is 1. The number of piperidine rings is 2. The lowest BCUT2D eigenvalue weighted by Gasteiger charge is -2.40. The molecule has 8 rings (SSSR count). The summed E-state index contributed by atoms with van der Waals surface area (Å²) >= 11 is -1.83. The number of nitriles is 1. The van der Waals surface area contributed by atoms with Gasteiger partial charge < -0.3 is 23.1 Å². The second kappa shape index (κ2) is 21.1. The zero-order valence-electron chi connectivity index (χ0n) is 36.3. The number of anilines is 2. The molecule has 2 N–H and O–H groups in total. The van der Waals surface area contributed by atoms with Crippen LogP contribution in [0.2, 0.25) is 0 Å². The first kappa shape index (κ1) is 47.3. The number of benzene rings is 3. The number of carbonyl (C=O) groups excluding carboxylic acids is 3. The molecule has 4 aliphatic heterocycles. The van der Waals surface area contributed by atoms with Gasteiger partial charge in [0, 0.05) is 65.1 Å². The number of imide groups is 1. The van der Waals surface area contributed by atoms with Crippen molar-refractivity contribution >= 4 is 63.7 Å². The Bertz CT molecular complexity index is 2540. The minimum atomic E-state index is -1.61. The number of hydrogen-bond acceptors (Lipinski definition) is 12. The summed E-state index contributed by atoms with van der Waals surface area (Å²) in [4.78, 5) is 58.6. The van der Waals surface area contributed by atoms with E-state index < -0.39 is 23.0 Å². The minimum absolute atomic E-state index is 0.0115. The summed E-state index contributed by atoms with van der Waals surface area (Å²) in [5.74, 6) is -0.492. The Hall–Kier alpha value is -5.66. The second-order valence-corrected chi connectivity index (χ2v) is 18.0. The van der Waals surface area contributed by atoms with Gasteiger partial charge in [-0.05, 0) is 99.5 Å². The number of amides is 4. The maximum atomic E-state index is 14.5. The predicted molar refractivity (Wildman–Crippen MR) is 242 cm³/mol. The van der Waals surface area contributed by atoms with Crippen molar-refractivity contribution in [1.82, 2.24) is 29.0 Å². The minimum Gasteiger partial charge on any atom is -0.453 e. The fourth-order valence-corrected chi connectivity index (χ4v) is 9.43. The van der Waals surface area contributed by atoms with Gasteiger partial charge in [0.05, 0.1) is 35.1 Å². The number of hydrogen-bond donors (Lipinski definition) is 2. The molecule has 0 bridgehead atoms. The lowest BCUT2D eigenvalue weighted by Crippen LogP contribution is -2.50. The van der Waals surface area contributed by atoms with Gasteiger partial charge in [0.2, 0.25) is 11.8 Å². The number of aromatic nitrogens is 2. The number of carbonyl (C=O) groups is 3. The molecule has 346 valence electrons. The van der Waals surface area contributed by atoms with E-state index in [9.17, 15) is 36.9 Å². The number of rotatable bonds is 12. The number of likely N-dealkylation sites (tertiary alicyclic amines) is 2. The quantitative estimate of drug-likeness (QED) is 0.156. The fourth-order valence-electron chi connectivity index (χ4n) is 8.47. The Morgan fingerprint density at radius 1 is 1.09 bits per heavy atom. The second-order valence-electron chi connectivity index (χ2n) is 16.3. The van der Waals surface area contributed by atoms with Crippen LogP contribution in [0.3, 0.4) is 0 Å². The Morgan fingerprint density at radius 2 is 1.86 bits per heavy atom. The fraction of sp³-hybridized carbons (Fsp3) is 0.455. The monoisotopic (exact) mass is 935 g/mol. The van der Waals surface area contributed by atoms with E-state index in [1.807, 2.05) is 30.0 Å². The molecular weight excluding hydrogens is 885 g/mol. The molecular formula is C44H51F2N9O8S2. The van der Waals surface area contributed by atoms with Gasteiger partial charge in [0.1, 0.15) is 23.1 Å². The summed E-state index contributed by atoms with van der Waals surface area (Å²) < 4.78 is 62.1. The van der Waals surface area contributed by atoms with Crippen LogP contribution in [0, 0.1) is 17.1 Å². The summed E-state index contributed by atoms with van der Waals surface area (Å²) in [5.41, 5.74) is 1.67. The first-order valence-corrected chi connectivity index (χ1v) is 23.2. The molecule has 1 spiro atoms. The number of fused-ring (bicyclic) bond motifs is 1. The van der Waals surface area contributed by atoms with Crippen molar-refractivity contribution in [3.05, 3.63) is 82.2 Å². The van der Waals surface area contributed by atoms with Crippen LogP contribution in [-0.4, -0.2) is 111 Å². The van der Waals surface area contributed by atoms with Gasteiger partial charge in [-0.15, -0.1) is 3.89 Å². The van der Waals surface area contributed by atoms with Crippen molar-refractivity contribution in [2.24, 2.45) is 7.05 Å². The molecule has 4 fully saturated rings. The van der Waals surface area contributed by atoms with Gasteiger partial charge in [0.15, 0.2) is 22.7 Å². The van der Waals surface area contributed by atoms with Crippen LogP contribution >= 0.6 is 12.4 Å². The van der Waals surface area contributed by atoms with E-state index in [-0.39, 0.29) is 77.0 Å². The Morgan fingerprint density at radius 3 is 2.54 bits per heavy atom. The first-order chi connectivity index (χ1) is 31.3. The van der Waals surface area contributed by atoms with Crippen LogP contribution in [0.15, 0.2) is 59.7 Å². The van der Waals surface area contributed by atoms with Crippen LogP contribution in [-0.2, 0) is 32.5 Å². The van der Waals surface area contributed by atoms with Crippen molar-refractivity contribution in [2.45, 2.75) is 63.4 Å². The average molecular weight is 936 g/mol. The third-order valence-electron chi connectivity index (χ3n) is 12.3. The number of halogens is 2. The molecule has 1 atom stereocenters. The van der Waals surface area contributed by atoms with Crippen LogP contribution < -0.4 is 29.4 Å². The Balaban J connectivity index is 0.000000199. The van der Waals surface area contributed by atoms with Gasteiger partial charge in [0.25, 0.3) is 18.0 Å². The van der Waals surface area contributed by atoms with Crippen LogP contribution in [0.4, 0.5) is 24.4 Å². The maximum Gasteiger partial charge on any atom is 0.328 e. The van der Waals surface area contributed by atoms with Crippen molar-refractivity contribution in [3.63, 3.8) is 0 Å². The number of nitrogens with zero attached hydrogens (tertiary/aromatic N) is 7. The third kappa shape index (κ3) is 11.1. The van der Waals surface area contributed by atoms with Gasteiger partial charge in [-0.1, -0.05) is 13.0 Å². The molecule has 1 aromatic heterocycles. The molecule has 4 amide bonds. The molecule has 4 aliphatic rings. The van der Waals surface area contributed by atoms with E-state index in [1.165, 1.54) is 38.3 Å². The van der Waals surface area contributed by atoms with E-state index in [1.54, 1.807) is 26.2 Å². The Labute approximate surface area is 382 Å². The van der Waals surface area contributed by atoms with E-state index >= 15 is 0 Å². The Kier molecular flexibility index (Phi) is 15.4. The molecule has 1 unspecified atom stereocenters. The van der Waals surface area contributed by atoms with Crippen LogP contribution in [0.5, 0.6) is 17.2 Å². The maximum absolute atomic E-state index is 14.5. The molecule has 0 aliphatic carbocycles. The molecule has 4 saturated heterocycles. The molecule has 5 heterocycles. The highest BCUT2D eigenvalue weighted by Crippen LogP contribution is 2.40. The van der Waals surface area contributed by atoms with E-state index in [2.05, 4.69) is 19.9 Å². The molecule has 3 aromatic carbocycles. The molecule has 0 radical (unpaired) electrons. The average Bonchev–Trinajstić information content (AvgIpc) is 3.76. The van der Waals surface area contributed by atoms with Gasteiger partial charge in [-0.3, -0.25) is 34.2 Å². The van der Waals surface area contributed by atoms with Gasteiger partial charge >= 0.3 is 6.03 Å². The smallest absolute Gasteiger partial charge is 0.328 e. The zero-order valence-corrected chi connectivity index (χ0v) is 38.0. The van der Waals surface area contributed by atoms with E-state index in [0.29, 0.717) is 35.4 Å². The highest BCUT2D eigenvalue weighted by molar-refractivity contribution is 7.89. The predicted octanol–water partition coefficient (Wildman–Crippen LogP) is 6.07. The summed E-state index contributed by atoms with van der Waals surface area (Å²) in [7, 11) is 3.21. The van der Waals surface area contributed by atoms with Crippen molar-refractivity contribution in [2.75, 3.05) is 69.1 Å². The third-order valence-corrected chi connectivity index (χ3v) is 13.8. The summed E-state index contributed by atoms with van der Waals surface area (Å²) in [6, 6.07) is 13.7. The normalized spacial score (nSPS) is 18.2. The molecule has 4 aromatic rings. The van der Waals surface area contributed by atoms with Crippen molar-refractivity contribution in [1.29, 1.82) is 5.26 Å². The first-order valence-electron chi connectivity index (χ1n) is 21.4. The molecule has 17 nitrogen and oxygen atoms in total. The zero-order chi connectivity index (χ0) is 46.3. The lowest BCUT2D eigenvalue weighted by atomic mass is 9.88. The topological polar surface area (TPSA) is 192 Å². The van der Waals surface area contributed by atoms with Crippen LogP contribution in [0.1, 0.15) is 68.9 Å². The van der Waals surface area contributed by atoms with Crippen LogP contribution in [0.25, 0.3) is 10.9 Å². The summed E-state index contributed by atoms with van der Waals surface area (Å²) in [5, 5.41) is 12.1. The van der Waals surface area contributed by atoms with Gasteiger partial charge in [-0.25, -0.2) is 22.7 Å². The largest absolute Gasteiger partial charge is 0.453 e. The SMILES string of the molecule is CCN(C)S(=O)Nc1ccc(F)c(Oc2ccc3ncn(C)c(=O)c3c2)c1C#N.O=C1CCN(c2ccc(C3CCN(CC(=O)N4CCC5(CCCO5)CC4)CC3)c(OSF)c2)C(=O)N1. The number of aryl methyl sites for hydroxylation is 1. The van der Waals surface area contributed by atoms with E-state index in [4.69, 9.17) is 13.7 Å². The molecule has 0 saturated carbocycles. The standard InChI is InChI=1S/C25H33FN4O5S.C19H18FN5O3S/c26-36-35-21-16-19(30-12-6-22(31)27-24(30)33)2-3-20(21)18-4-10-28(11-5-18)17-23(32)29-13-8-25(9-14-29)7-1-15-34-25;1-4-25(3)29(27)23-17-8-6-15(20)18(14(17)10-21)28-12-5-7-16-13(9-12)19(26)24(2)11-22-16/h2-3,16,18H,1,4-15,17H2,(H,27,31,33);5-9,11,23H,4H2,1-3H3. The number of ether oxygens (including phenoxy) is 2. The highest BCUT2D eigenvalue weighted by Gasteiger charge is 2.39. The van der Waals surface area contributed by atoms with Crippen molar-refractivity contribution in [3.8, 4) is 23.3 Å². The molecule has 21 heteroatoms. The van der Waals surface area contributed by atoms with Gasteiger partial charge in [-0.2, -0.15) is 5.26 Å². The number of nitrogens with one attached hydrogen (secondary N) is 2. The summed E-state index contributed by atoms with van der Waals surface area (Å²) in [6.07, 6.45) is 7.37. The lowest BCUT2D eigenvalue weighted by molar-refractivity contribution is -0.137. The highest BCUT2D eigenvalue weighted by atomic mass is 32.2. The molecule has 65 heavy (non-hydrogen) atoms. The summed E-state index contributed by atoms with van der Waals surface area (Å²) in [6.45, 7) is 6.95. The van der Waals surface area contributed by atoms with Crippen molar-refractivity contribution < 1.29 is 40.5 Å². The van der Waals surface area contributed by atoms with E-state index in [0.717, 1.165) is 82.9 Å².